The Kier molecular flexibility index (Phi) is 7.15. The van der Waals surface area contributed by atoms with Crippen molar-refractivity contribution in [2.75, 3.05) is 31.5 Å². The maximum atomic E-state index is 11.2. The summed E-state index contributed by atoms with van der Waals surface area (Å²) in [4.78, 5) is 11.2. The number of methoxy groups -OCH3 is 2. The van der Waals surface area contributed by atoms with Crippen LogP contribution >= 0.6 is 15.9 Å². The molecule has 2 aromatic carbocycles. The van der Waals surface area contributed by atoms with Crippen molar-refractivity contribution in [2.45, 2.75) is 20.4 Å². The number of hydrogen-bond acceptors (Lipinski definition) is 5. The first-order chi connectivity index (χ1) is 12.5. The van der Waals surface area contributed by atoms with E-state index in [2.05, 4.69) is 26.6 Å². The van der Waals surface area contributed by atoms with Crippen molar-refractivity contribution in [1.29, 1.82) is 0 Å². The molecule has 0 aliphatic rings. The molecule has 2 aromatic rings. The largest absolute Gasteiger partial charge is 0.494 e. The normalized spacial score (nSPS) is 10.2. The van der Waals surface area contributed by atoms with Crippen molar-refractivity contribution >= 4 is 33.2 Å². The number of carbonyl (C=O) groups excluding carboxylic acids is 1. The van der Waals surface area contributed by atoms with E-state index in [1.807, 2.05) is 31.2 Å². The Morgan fingerprint density at radius 1 is 1.12 bits per heavy atom. The molecule has 0 bridgehead atoms. The number of hydrogen-bond donors (Lipinski definition) is 2. The van der Waals surface area contributed by atoms with Crippen molar-refractivity contribution in [3.8, 4) is 17.2 Å². The summed E-state index contributed by atoms with van der Waals surface area (Å²) in [5.74, 6) is 1.82. The van der Waals surface area contributed by atoms with Gasteiger partial charge in [0.2, 0.25) is 5.91 Å². The van der Waals surface area contributed by atoms with Crippen molar-refractivity contribution < 1.29 is 19.0 Å². The quantitative estimate of drug-likeness (QED) is 0.657. The Morgan fingerprint density at radius 3 is 2.46 bits per heavy atom. The fourth-order valence-electron chi connectivity index (χ4n) is 2.46. The topological polar surface area (TPSA) is 68.8 Å². The molecule has 0 unspecified atom stereocenters. The minimum absolute atomic E-state index is 0.143. The molecule has 26 heavy (non-hydrogen) atoms. The van der Waals surface area contributed by atoms with Gasteiger partial charge in [-0.3, -0.25) is 4.79 Å². The Morgan fingerprint density at radius 2 is 1.85 bits per heavy atom. The van der Waals surface area contributed by atoms with Crippen molar-refractivity contribution in [2.24, 2.45) is 0 Å². The Bertz CT molecular complexity index is 780. The summed E-state index contributed by atoms with van der Waals surface area (Å²) in [5, 5.41) is 6.07. The summed E-state index contributed by atoms with van der Waals surface area (Å²) >= 11 is 3.53. The molecule has 0 atom stereocenters. The second-order valence-electron chi connectivity index (χ2n) is 5.49. The third-order valence-electron chi connectivity index (χ3n) is 3.59. The highest BCUT2D eigenvalue weighted by Crippen LogP contribution is 2.37. The zero-order valence-electron chi connectivity index (χ0n) is 15.3. The van der Waals surface area contributed by atoms with E-state index in [1.54, 1.807) is 20.3 Å². The van der Waals surface area contributed by atoms with E-state index >= 15 is 0 Å². The first-order valence-electron chi connectivity index (χ1n) is 8.17. The van der Waals surface area contributed by atoms with E-state index in [0.717, 1.165) is 15.7 Å². The molecule has 0 aliphatic heterocycles. The molecule has 0 saturated heterocycles. The number of benzene rings is 2. The molecule has 140 valence electrons. The monoisotopic (exact) mass is 422 g/mol. The summed E-state index contributed by atoms with van der Waals surface area (Å²) in [6, 6.07) is 9.45. The Labute approximate surface area is 162 Å². The van der Waals surface area contributed by atoms with Gasteiger partial charge in [0.1, 0.15) is 5.75 Å². The maximum absolute atomic E-state index is 11.2. The molecule has 1 amide bonds. The van der Waals surface area contributed by atoms with E-state index in [0.29, 0.717) is 36.1 Å². The first-order valence-corrected chi connectivity index (χ1v) is 8.96. The van der Waals surface area contributed by atoms with Gasteiger partial charge in [0.05, 0.1) is 31.0 Å². The van der Waals surface area contributed by atoms with Crippen LogP contribution in [0.3, 0.4) is 0 Å². The number of halogens is 1. The van der Waals surface area contributed by atoms with Crippen LogP contribution in [0.4, 0.5) is 11.4 Å². The maximum Gasteiger partial charge on any atom is 0.221 e. The van der Waals surface area contributed by atoms with E-state index in [4.69, 9.17) is 14.2 Å². The standard InChI is InChI=1S/C19H23BrN2O4/c1-5-26-19-15(20)8-13(9-18(19)25-4)11-21-14-6-7-16(22-12(2)23)17(10-14)24-3/h6-10,21H,5,11H2,1-4H3,(H,22,23). The molecule has 2 N–H and O–H groups in total. The van der Waals surface area contributed by atoms with Crippen LogP contribution in [-0.4, -0.2) is 26.7 Å². The number of anilines is 2. The molecule has 0 radical (unpaired) electrons. The highest BCUT2D eigenvalue weighted by atomic mass is 79.9. The van der Waals surface area contributed by atoms with E-state index in [9.17, 15) is 4.79 Å². The van der Waals surface area contributed by atoms with Crippen LogP contribution in [0.25, 0.3) is 0 Å². The molecule has 0 spiro atoms. The molecule has 0 fully saturated rings. The van der Waals surface area contributed by atoms with Crippen molar-refractivity contribution in [3.63, 3.8) is 0 Å². The van der Waals surface area contributed by atoms with Gasteiger partial charge in [-0.2, -0.15) is 0 Å². The minimum Gasteiger partial charge on any atom is -0.494 e. The van der Waals surface area contributed by atoms with Gasteiger partial charge in [-0.05, 0) is 52.7 Å². The van der Waals surface area contributed by atoms with Gasteiger partial charge in [0, 0.05) is 25.2 Å². The lowest BCUT2D eigenvalue weighted by Gasteiger charge is -2.15. The molecular weight excluding hydrogens is 400 g/mol. The summed E-state index contributed by atoms with van der Waals surface area (Å²) in [6.45, 7) is 4.54. The van der Waals surface area contributed by atoms with Crippen LogP contribution in [0.1, 0.15) is 19.4 Å². The summed E-state index contributed by atoms with van der Waals surface area (Å²) in [6.07, 6.45) is 0. The van der Waals surface area contributed by atoms with E-state index < -0.39 is 0 Å². The van der Waals surface area contributed by atoms with E-state index in [-0.39, 0.29) is 5.91 Å². The van der Waals surface area contributed by atoms with Gasteiger partial charge in [0.25, 0.3) is 0 Å². The highest BCUT2D eigenvalue weighted by Gasteiger charge is 2.12. The lowest BCUT2D eigenvalue weighted by molar-refractivity contribution is -0.114. The number of amides is 1. The van der Waals surface area contributed by atoms with Crippen LogP contribution < -0.4 is 24.8 Å². The zero-order chi connectivity index (χ0) is 19.1. The predicted molar refractivity (Wildman–Crippen MR) is 106 cm³/mol. The lowest BCUT2D eigenvalue weighted by atomic mass is 10.2. The van der Waals surface area contributed by atoms with Gasteiger partial charge in [0.15, 0.2) is 11.5 Å². The van der Waals surface area contributed by atoms with Crippen LogP contribution in [0.2, 0.25) is 0 Å². The Hall–Kier alpha value is -2.41. The average molecular weight is 423 g/mol. The van der Waals surface area contributed by atoms with Crippen molar-refractivity contribution in [3.05, 3.63) is 40.4 Å². The molecule has 2 rings (SSSR count). The SMILES string of the molecule is CCOc1c(Br)cc(CNc2ccc(NC(C)=O)c(OC)c2)cc1OC. The lowest BCUT2D eigenvalue weighted by Crippen LogP contribution is -2.07. The zero-order valence-corrected chi connectivity index (χ0v) is 16.9. The fraction of sp³-hybridized carbons (Fsp3) is 0.316. The summed E-state index contributed by atoms with van der Waals surface area (Å²) in [5.41, 5.74) is 2.54. The molecule has 0 saturated carbocycles. The molecule has 0 heterocycles. The Balaban J connectivity index is 2.15. The van der Waals surface area contributed by atoms with Gasteiger partial charge in [-0.25, -0.2) is 0 Å². The van der Waals surface area contributed by atoms with Crippen molar-refractivity contribution in [1.82, 2.24) is 0 Å². The first kappa shape index (κ1) is 19.9. The highest BCUT2D eigenvalue weighted by molar-refractivity contribution is 9.10. The second kappa shape index (κ2) is 9.33. The third-order valence-corrected chi connectivity index (χ3v) is 4.18. The third kappa shape index (κ3) is 5.05. The smallest absolute Gasteiger partial charge is 0.221 e. The number of ether oxygens (including phenoxy) is 3. The average Bonchev–Trinajstić information content (AvgIpc) is 2.62. The molecular formula is C19H23BrN2O4. The van der Waals surface area contributed by atoms with Crippen LogP contribution in [0.5, 0.6) is 17.2 Å². The molecule has 6 nitrogen and oxygen atoms in total. The number of carbonyl (C=O) groups is 1. The number of rotatable bonds is 8. The summed E-state index contributed by atoms with van der Waals surface area (Å²) in [7, 11) is 3.19. The van der Waals surface area contributed by atoms with E-state index in [1.165, 1.54) is 6.92 Å². The predicted octanol–water partition coefficient (Wildman–Crippen LogP) is 4.44. The van der Waals surface area contributed by atoms with Crippen LogP contribution in [-0.2, 0) is 11.3 Å². The van der Waals surface area contributed by atoms with Crippen LogP contribution in [0, 0.1) is 0 Å². The van der Waals surface area contributed by atoms with Gasteiger partial charge < -0.3 is 24.8 Å². The fourth-order valence-corrected chi connectivity index (χ4v) is 3.06. The number of nitrogens with one attached hydrogen (secondary N) is 2. The summed E-state index contributed by atoms with van der Waals surface area (Å²) < 4.78 is 17.2. The second-order valence-corrected chi connectivity index (χ2v) is 6.35. The van der Waals surface area contributed by atoms with Gasteiger partial charge in [-0.15, -0.1) is 0 Å². The minimum atomic E-state index is -0.143. The van der Waals surface area contributed by atoms with Gasteiger partial charge >= 0.3 is 0 Å². The van der Waals surface area contributed by atoms with Crippen LogP contribution in [0.15, 0.2) is 34.8 Å². The van der Waals surface area contributed by atoms with Gasteiger partial charge in [-0.1, -0.05) is 0 Å². The molecule has 0 aromatic heterocycles. The molecule has 7 heteroatoms. The molecule has 0 aliphatic carbocycles.